The fourth-order valence-electron chi connectivity index (χ4n) is 1.47. The SMILES string of the molecule is COC[C@H](CO)NC(=O)COc1ccc(Br)c(C)c1. The minimum atomic E-state index is -0.409. The third-order valence-corrected chi connectivity index (χ3v) is 3.34. The zero-order chi connectivity index (χ0) is 14.3. The molecule has 0 aliphatic heterocycles. The van der Waals surface area contributed by atoms with Crippen LogP contribution in [0.3, 0.4) is 0 Å². The van der Waals surface area contributed by atoms with Crippen LogP contribution < -0.4 is 10.1 Å². The summed E-state index contributed by atoms with van der Waals surface area (Å²) in [5.74, 6) is 0.333. The molecule has 6 heteroatoms. The number of halogens is 1. The van der Waals surface area contributed by atoms with Crippen molar-refractivity contribution in [3.8, 4) is 5.75 Å². The molecule has 2 N–H and O–H groups in total. The summed E-state index contributed by atoms with van der Waals surface area (Å²) in [6.45, 7) is 1.94. The van der Waals surface area contributed by atoms with E-state index in [2.05, 4.69) is 21.2 Å². The lowest BCUT2D eigenvalue weighted by Crippen LogP contribution is -2.42. The van der Waals surface area contributed by atoms with Crippen molar-refractivity contribution in [3.63, 3.8) is 0 Å². The van der Waals surface area contributed by atoms with Crippen molar-refractivity contribution in [3.05, 3.63) is 28.2 Å². The maximum Gasteiger partial charge on any atom is 0.258 e. The molecule has 106 valence electrons. The monoisotopic (exact) mass is 331 g/mol. The lowest BCUT2D eigenvalue weighted by Gasteiger charge is -2.15. The molecule has 0 saturated carbocycles. The summed E-state index contributed by atoms with van der Waals surface area (Å²) in [6.07, 6.45) is 0. The molecule has 0 spiro atoms. The molecule has 1 atom stereocenters. The van der Waals surface area contributed by atoms with Gasteiger partial charge in [-0.25, -0.2) is 0 Å². The van der Waals surface area contributed by atoms with Gasteiger partial charge in [0.15, 0.2) is 6.61 Å². The Bertz CT molecular complexity index is 425. The highest BCUT2D eigenvalue weighted by Crippen LogP contribution is 2.21. The zero-order valence-electron chi connectivity index (χ0n) is 11.0. The van der Waals surface area contributed by atoms with Crippen LogP contribution >= 0.6 is 15.9 Å². The van der Waals surface area contributed by atoms with Crippen LogP contribution in [0.5, 0.6) is 5.75 Å². The van der Waals surface area contributed by atoms with Crippen LogP contribution in [0.2, 0.25) is 0 Å². The Morgan fingerprint density at radius 1 is 1.53 bits per heavy atom. The van der Waals surface area contributed by atoms with Gasteiger partial charge >= 0.3 is 0 Å². The molecule has 1 aromatic rings. The van der Waals surface area contributed by atoms with Gasteiger partial charge in [-0.3, -0.25) is 4.79 Å². The number of nitrogens with one attached hydrogen (secondary N) is 1. The van der Waals surface area contributed by atoms with Crippen molar-refractivity contribution < 1.29 is 19.4 Å². The molecule has 0 radical (unpaired) electrons. The number of ether oxygens (including phenoxy) is 2. The number of amides is 1. The number of rotatable bonds is 7. The van der Waals surface area contributed by atoms with Gasteiger partial charge < -0.3 is 19.9 Å². The number of aliphatic hydroxyl groups excluding tert-OH is 1. The maximum absolute atomic E-state index is 11.6. The topological polar surface area (TPSA) is 67.8 Å². The minimum absolute atomic E-state index is 0.0959. The van der Waals surface area contributed by atoms with Gasteiger partial charge in [-0.1, -0.05) is 15.9 Å². The van der Waals surface area contributed by atoms with Crippen molar-refractivity contribution >= 4 is 21.8 Å². The average Bonchev–Trinajstić information content (AvgIpc) is 2.39. The number of carbonyl (C=O) groups is 1. The van der Waals surface area contributed by atoms with Gasteiger partial charge in [0, 0.05) is 11.6 Å². The van der Waals surface area contributed by atoms with Crippen LogP contribution in [-0.2, 0) is 9.53 Å². The first-order chi connectivity index (χ1) is 9.06. The second-order valence-electron chi connectivity index (χ2n) is 4.10. The summed E-state index contributed by atoms with van der Waals surface area (Å²) >= 11 is 3.39. The van der Waals surface area contributed by atoms with E-state index in [0.717, 1.165) is 10.0 Å². The van der Waals surface area contributed by atoms with Crippen LogP contribution in [0.4, 0.5) is 0 Å². The number of carbonyl (C=O) groups excluding carboxylic acids is 1. The summed E-state index contributed by atoms with van der Waals surface area (Å²) in [6, 6.07) is 5.08. The summed E-state index contributed by atoms with van der Waals surface area (Å²) in [4.78, 5) is 11.6. The Balaban J connectivity index is 2.43. The first-order valence-corrected chi connectivity index (χ1v) is 6.64. The summed E-state index contributed by atoms with van der Waals surface area (Å²) in [5.41, 5.74) is 1.03. The molecule has 1 amide bonds. The Labute approximate surface area is 121 Å². The standard InChI is InChI=1S/C13H18BrNO4/c1-9-5-11(3-4-12(9)14)19-8-13(17)15-10(6-16)7-18-2/h3-5,10,16H,6-8H2,1-2H3,(H,15,17)/t10-/m0/s1. The van der Waals surface area contributed by atoms with Crippen LogP contribution in [0, 0.1) is 6.92 Å². The lowest BCUT2D eigenvalue weighted by molar-refractivity contribution is -0.124. The number of hydrogen-bond donors (Lipinski definition) is 2. The number of hydrogen-bond acceptors (Lipinski definition) is 4. The Hall–Kier alpha value is -1.11. The Morgan fingerprint density at radius 2 is 2.26 bits per heavy atom. The average molecular weight is 332 g/mol. The summed E-state index contributed by atoms with van der Waals surface area (Å²) in [7, 11) is 1.51. The van der Waals surface area contributed by atoms with E-state index >= 15 is 0 Å². The molecule has 0 aliphatic carbocycles. The molecule has 1 aromatic carbocycles. The highest BCUT2D eigenvalue weighted by molar-refractivity contribution is 9.10. The van der Waals surface area contributed by atoms with E-state index in [1.54, 1.807) is 6.07 Å². The van der Waals surface area contributed by atoms with Gasteiger partial charge in [0.25, 0.3) is 5.91 Å². The van der Waals surface area contributed by atoms with E-state index in [4.69, 9.17) is 14.6 Å². The van der Waals surface area contributed by atoms with Gasteiger partial charge in [0.1, 0.15) is 5.75 Å². The molecule has 0 aromatic heterocycles. The smallest absolute Gasteiger partial charge is 0.258 e. The first-order valence-electron chi connectivity index (χ1n) is 5.85. The van der Waals surface area contributed by atoms with E-state index < -0.39 is 6.04 Å². The van der Waals surface area contributed by atoms with Gasteiger partial charge in [-0.05, 0) is 30.7 Å². The number of aliphatic hydroxyl groups is 1. The molecule has 0 saturated heterocycles. The second kappa shape index (κ2) is 8.14. The minimum Gasteiger partial charge on any atom is -0.484 e. The molecular formula is C13H18BrNO4. The molecular weight excluding hydrogens is 314 g/mol. The lowest BCUT2D eigenvalue weighted by atomic mass is 10.2. The van der Waals surface area contributed by atoms with E-state index in [-0.39, 0.29) is 25.7 Å². The van der Waals surface area contributed by atoms with Gasteiger partial charge in [0.2, 0.25) is 0 Å². The second-order valence-corrected chi connectivity index (χ2v) is 4.96. The van der Waals surface area contributed by atoms with Crippen molar-refractivity contribution in [2.45, 2.75) is 13.0 Å². The Morgan fingerprint density at radius 3 is 2.84 bits per heavy atom. The largest absolute Gasteiger partial charge is 0.484 e. The third kappa shape index (κ3) is 5.59. The molecule has 0 fully saturated rings. The van der Waals surface area contributed by atoms with Crippen molar-refractivity contribution in [2.24, 2.45) is 0 Å². The molecule has 0 unspecified atom stereocenters. The van der Waals surface area contributed by atoms with Crippen LogP contribution in [0.15, 0.2) is 22.7 Å². The predicted octanol–water partition coefficient (Wildman–Crippen LogP) is 1.26. The van der Waals surface area contributed by atoms with E-state index in [1.165, 1.54) is 7.11 Å². The highest BCUT2D eigenvalue weighted by Gasteiger charge is 2.11. The third-order valence-electron chi connectivity index (χ3n) is 2.45. The molecule has 0 aliphatic rings. The Kier molecular flexibility index (Phi) is 6.83. The zero-order valence-corrected chi connectivity index (χ0v) is 12.6. The fraction of sp³-hybridized carbons (Fsp3) is 0.462. The van der Waals surface area contributed by atoms with Crippen molar-refractivity contribution in [1.29, 1.82) is 0 Å². The van der Waals surface area contributed by atoms with Crippen molar-refractivity contribution in [1.82, 2.24) is 5.32 Å². The van der Waals surface area contributed by atoms with Gasteiger partial charge in [-0.15, -0.1) is 0 Å². The van der Waals surface area contributed by atoms with E-state index in [1.807, 2.05) is 19.1 Å². The quantitative estimate of drug-likeness (QED) is 0.789. The molecule has 1 rings (SSSR count). The van der Waals surface area contributed by atoms with E-state index in [0.29, 0.717) is 5.75 Å². The number of methoxy groups -OCH3 is 1. The van der Waals surface area contributed by atoms with Gasteiger partial charge in [-0.2, -0.15) is 0 Å². The normalized spacial score (nSPS) is 12.0. The highest BCUT2D eigenvalue weighted by atomic mass is 79.9. The van der Waals surface area contributed by atoms with Crippen LogP contribution in [0.25, 0.3) is 0 Å². The summed E-state index contributed by atoms with van der Waals surface area (Å²) in [5, 5.41) is 11.6. The maximum atomic E-state index is 11.6. The number of benzene rings is 1. The molecule has 0 bridgehead atoms. The number of aryl methyl sites for hydroxylation is 1. The van der Waals surface area contributed by atoms with E-state index in [9.17, 15) is 4.79 Å². The molecule has 5 nitrogen and oxygen atoms in total. The van der Waals surface area contributed by atoms with Gasteiger partial charge in [0.05, 0.1) is 19.3 Å². The molecule has 19 heavy (non-hydrogen) atoms. The van der Waals surface area contributed by atoms with Crippen LogP contribution in [0.1, 0.15) is 5.56 Å². The van der Waals surface area contributed by atoms with Crippen LogP contribution in [-0.4, -0.2) is 44.0 Å². The summed E-state index contributed by atoms with van der Waals surface area (Å²) < 4.78 is 11.2. The molecule has 0 heterocycles. The van der Waals surface area contributed by atoms with Crippen molar-refractivity contribution in [2.75, 3.05) is 26.9 Å². The predicted molar refractivity (Wildman–Crippen MR) is 75.3 cm³/mol. The first kappa shape index (κ1) is 15.9. The fourth-order valence-corrected chi connectivity index (χ4v) is 1.71.